The number of aromatic nitrogens is 2. The minimum atomic E-state index is -0.500. The molecule has 19 heavy (non-hydrogen) atoms. The van der Waals surface area contributed by atoms with Crippen LogP contribution < -0.4 is 10.1 Å². The third kappa shape index (κ3) is 2.94. The molecule has 2 aromatic rings. The third-order valence-electron chi connectivity index (χ3n) is 2.34. The molecule has 0 saturated carbocycles. The number of nitrogens with one attached hydrogen (secondary N) is 1. The van der Waals surface area contributed by atoms with Crippen molar-refractivity contribution in [1.82, 2.24) is 9.97 Å². The molecule has 0 fully saturated rings. The predicted octanol–water partition coefficient (Wildman–Crippen LogP) is 3.04. The van der Waals surface area contributed by atoms with E-state index in [4.69, 9.17) is 27.9 Å². The Bertz CT molecular complexity index is 599. The first kappa shape index (κ1) is 13.6. The summed E-state index contributed by atoms with van der Waals surface area (Å²) in [4.78, 5) is 19.6. The number of amides is 1. The molecule has 0 saturated heterocycles. The number of nitrogens with zero attached hydrogens (tertiary/aromatic N) is 2. The molecule has 1 aromatic heterocycles. The van der Waals surface area contributed by atoms with E-state index in [1.54, 1.807) is 24.3 Å². The molecule has 5 nitrogen and oxygen atoms in total. The van der Waals surface area contributed by atoms with E-state index in [2.05, 4.69) is 15.3 Å². The maximum absolute atomic E-state index is 12.1. The molecule has 0 spiro atoms. The molecule has 7 heteroatoms. The summed E-state index contributed by atoms with van der Waals surface area (Å²) in [6, 6.07) is 6.98. The topological polar surface area (TPSA) is 64.1 Å². The van der Waals surface area contributed by atoms with Crippen LogP contribution in [-0.2, 0) is 0 Å². The van der Waals surface area contributed by atoms with Crippen LogP contribution in [0.25, 0.3) is 0 Å². The summed E-state index contributed by atoms with van der Waals surface area (Å²) in [6.45, 7) is 0. The Hall–Kier alpha value is -1.85. The molecular weight excluding hydrogens is 289 g/mol. The number of para-hydroxylation sites is 2. The van der Waals surface area contributed by atoms with Crippen LogP contribution in [0.4, 0.5) is 5.69 Å². The van der Waals surface area contributed by atoms with E-state index >= 15 is 0 Å². The first-order valence-corrected chi connectivity index (χ1v) is 5.99. The lowest BCUT2D eigenvalue weighted by Crippen LogP contribution is -2.15. The fourth-order valence-electron chi connectivity index (χ4n) is 1.46. The average molecular weight is 298 g/mol. The summed E-state index contributed by atoms with van der Waals surface area (Å²) in [5.41, 5.74) is 0.530. The van der Waals surface area contributed by atoms with Gasteiger partial charge in [-0.3, -0.25) is 4.79 Å². The number of hydrogen-bond acceptors (Lipinski definition) is 4. The molecule has 1 amide bonds. The third-order valence-corrected chi connectivity index (χ3v) is 2.91. The lowest BCUT2D eigenvalue weighted by atomic mass is 10.2. The van der Waals surface area contributed by atoms with E-state index in [0.717, 1.165) is 0 Å². The van der Waals surface area contributed by atoms with Crippen molar-refractivity contribution in [2.75, 3.05) is 12.4 Å². The Kier molecular flexibility index (Phi) is 4.19. The van der Waals surface area contributed by atoms with Crippen LogP contribution in [0.2, 0.25) is 10.3 Å². The van der Waals surface area contributed by atoms with Gasteiger partial charge in [0.15, 0.2) is 0 Å². The van der Waals surface area contributed by atoms with Gasteiger partial charge in [-0.25, -0.2) is 9.97 Å². The second kappa shape index (κ2) is 5.86. The molecule has 98 valence electrons. The molecule has 0 aliphatic heterocycles. The average Bonchev–Trinajstić information content (AvgIpc) is 2.39. The number of carbonyl (C=O) groups excluding carboxylic acids is 1. The Morgan fingerprint density at radius 3 is 2.47 bits per heavy atom. The summed E-state index contributed by atoms with van der Waals surface area (Å²) in [6.07, 6.45) is 1.19. The monoisotopic (exact) mass is 297 g/mol. The van der Waals surface area contributed by atoms with Crippen LogP contribution in [0.5, 0.6) is 5.75 Å². The van der Waals surface area contributed by atoms with Crippen LogP contribution in [0, 0.1) is 0 Å². The SMILES string of the molecule is COc1ccccc1NC(=O)c1c(Cl)ncnc1Cl. The maximum atomic E-state index is 12.1. The summed E-state index contributed by atoms with van der Waals surface area (Å²) in [5.74, 6) is 0.0278. The molecule has 0 atom stereocenters. The fourth-order valence-corrected chi connectivity index (χ4v) is 1.95. The molecule has 0 bridgehead atoms. The van der Waals surface area contributed by atoms with Crippen molar-refractivity contribution in [2.45, 2.75) is 0 Å². The molecule has 2 rings (SSSR count). The van der Waals surface area contributed by atoms with Crippen LogP contribution in [0.3, 0.4) is 0 Å². The fraction of sp³-hybridized carbons (Fsp3) is 0.0833. The van der Waals surface area contributed by atoms with Gasteiger partial charge in [0, 0.05) is 0 Å². The highest BCUT2D eigenvalue weighted by Crippen LogP contribution is 2.26. The van der Waals surface area contributed by atoms with Gasteiger partial charge in [0.25, 0.3) is 5.91 Å². The van der Waals surface area contributed by atoms with Crippen molar-refractivity contribution in [1.29, 1.82) is 0 Å². The zero-order chi connectivity index (χ0) is 13.8. The number of ether oxygens (including phenoxy) is 1. The molecular formula is C12H9Cl2N3O2. The first-order chi connectivity index (χ1) is 9.13. The van der Waals surface area contributed by atoms with Gasteiger partial charge < -0.3 is 10.1 Å². The minimum absolute atomic E-state index is 0.00704. The molecule has 1 N–H and O–H groups in total. The normalized spacial score (nSPS) is 10.1. The van der Waals surface area contributed by atoms with Crippen molar-refractivity contribution in [3.8, 4) is 5.75 Å². The highest BCUT2D eigenvalue weighted by atomic mass is 35.5. The van der Waals surface area contributed by atoms with Crippen LogP contribution in [-0.4, -0.2) is 23.0 Å². The van der Waals surface area contributed by atoms with Gasteiger partial charge in [-0.2, -0.15) is 0 Å². The largest absolute Gasteiger partial charge is 0.495 e. The van der Waals surface area contributed by atoms with Gasteiger partial charge in [0.05, 0.1) is 12.8 Å². The Balaban J connectivity index is 2.31. The second-order valence-corrected chi connectivity index (χ2v) is 4.20. The van der Waals surface area contributed by atoms with Crippen molar-refractivity contribution in [3.05, 3.63) is 46.5 Å². The zero-order valence-electron chi connectivity index (χ0n) is 9.85. The first-order valence-electron chi connectivity index (χ1n) is 5.24. The van der Waals surface area contributed by atoms with Crippen LogP contribution >= 0.6 is 23.2 Å². The zero-order valence-corrected chi connectivity index (χ0v) is 11.4. The van der Waals surface area contributed by atoms with E-state index in [1.165, 1.54) is 13.4 Å². The minimum Gasteiger partial charge on any atom is -0.495 e. The number of hydrogen-bond donors (Lipinski definition) is 1. The number of benzene rings is 1. The Labute approximate surface area is 119 Å². The van der Waals surface area contributed by atoms with Crippen molar-refractivity contribution >= 4 is 34.8 Å². The van der Waals surface area contributed by atoms with Gasteiger partial charge in [-0.15, -0.1) is 0 Å². The Morgan fingerprint density at radius 1 is 1.21 bits per heavy atom. The molecule has 0 aliphatic carbocycles. The van der Waals surface area contributed by atoms with Crippen molar-refractivity contribution in [3.63, 3.8) is 0 Å². The van der Waals surface area contributed by atoms with Gasteiger partial charge >= 0.3 is 0 Å². The van der Waals surface area contributed by atoms with Crippen molar-refractivity contribution < 1.29 is 9.53 Å². The lowest BCUT2D eigenvalue weighted by Gasteiger charge is -2.10. The van der Waals surface area contributed by atoms with E-state index in [-0.39, 0.29) is 15.9 Å². The van der Waals surface area contributed by atoms with E-state index in [1.807, 2.05) is 0 Å². The summed E-state index contributed by atoms with van der Waals surface area (Å²) in [7, 11) is 1.51. The van der Waals surface area contributed by atoms with Gasteiger partial charge in [0.1, 0.15) is 27.9 Å². The standard InChI is InChI=1S/C12H9Cl2N3O2/c1-19-8-5-3-2-4-7(8)17-12(18)9-10(13)15-6-16-11(9)14/h2-6H,1H3,(H,17,18). The quantitative estimate of drug-likeness (QED) is 0.885. The molecule has 0 radical (unpaired) electrons. The van der Waals surface area contributed by atoms with Gasteiger partial charge in [-0.1, -0.05) is 35.3 Å². The van der Waals surface area contributed by atoms with Crippen molar-refractivity contribution in [2.24, 2.45) is 0 Å². The predicted molar refractivity (Wildman–Crippen MR) is 73.0 cm³/mol. The molecule has 0 aliphatic rings. The van der Waals surface area contributed by atoms with E-state index in [9.17, 15) is 4.79 Å². The van der Waals surface area contributed by atoms with Gasteiger partial charge in [-0.05, 0) is 12.1 Å². The lowest BCUT2D eigenvalue weighted by molar-refractivity contribution is 0.102. The second-order valence-electron chi connectivity index (χ2n) is 3.48. The number of carbonyl (C=O) groups is 1. The number of anilines is 1. The summed E-state index contributed by atoms with van der Waals surface area (Å²) in [5, 5.41) is 2.63. The number of methoxy groups -OCH3 is 1. The van der Waals surface area contributed by atoms with Crippen LogP contribution in [0.15, 0.2) is 30.6 Å². The maximum Gasteiger partial charge on any atom is 0.262 e. The summed E-state index contributed by atoms with van der Waals surface area (Å²) >= 11 is 11.7. The Morgan fingerprint density at radius 2 is 1.84 bits per heavy atom. The summed E-state index contributed by atoms with van der Waals surface area (Å²) < 4.78 is 5.13. The number of rotatable bonds is 3. The molecule has 1 aromatic carbocycles. The highest BCUT2D eigenvalue weighted by Gasteiger charge is 2.18. The number of halogens is 2. The highest BCUT2D eigenvalue weighted by molar-refractivity contribution is 6.39. The molecule has 0 unspecified atom stereocenters. The van der Waals surface area contributed by atoms with E-state index in [0.29, 0.717) is 11.4 Å². The van der Waals surface area contributed by atoms with E-state index < -0.39 is 5.91 Å². The van der Waals surface area contributed by atoms with Gasteiger partial charge in [0.2, 0.25) is 0 Å². The van der Waals surface area contributed by atoms with Crippen LogP contribution in [0.1, 0.15) is 10.4 Å². The smallest absolute Gasteiger partial charge is 0.262 e. The molecule has 1 heterocycles.